The van der Waals surface area contributed by atoms with Crippen LogP contribution in [0.25, 0.3) is 0 Å². The van der Waals surface area contributed by atoms with Gasteiger partial charge in [-0.1, -0.05) is 25.0 Å². The zero-order valence-electron chi connectivity index (χ0n) is 25.0. The second kappa shape index (κ2) is 11.4. The molecule has 2 heterocycles. The van der Waals surface area contributed by atoms with Gasteiger partial charge in [0, 0.05) is 23.2 Å². The number of hydrogen-bond acceptors (Lipinski definition) is 8. The van der Waals surface area contributed by atoms with Gasteiger partial charge in [0.25, 0.3) is 0 Å². The van der Waals surface area contributed by atoms with Crippen molar-refractivity contribution in [1.29, 1.82) is 5.26 Å². The first kappa shape index (κ1) is 29.1. The summed E-state index contributed by atoms with van der Waals surface area (Å²) in [4.78, 5) is 39.9. The quantitative estimate of drug-likeness (QED) is 0.283. The number of amides is 3. The molecule has 1 aliphatic heterocycles. The number of nitrogens with two attached hydrogens (primary N) is 2. The number of likely N-dealkylation sites (tertiary alicyclic amines) is 1. The van der Waals surface area contributed by atoms with E-state index in [1.165, 1.54) is 0 Å². The van der Waals surface area contributed by atoms with E-state index in [1.54, 1.807) is 17.0 Å². The first-order valence-corrected chi connectivity index (χ1v) is 15.8. The van der Waals surface area contributed by atoms with Gasteiger partial charge in [-0.05, 0) is 114 Å². The number of nitriles is 1. The fraction of sp³-hybridized carbons (Fsp3) is 0.485. The summed E-state index contributed by atoms with van der Waals surface area (Å²) in [6.07, 6.45) is 7.71. The molecule has 12 nitrogen and oxygen atoms in total. The zero-order chi connectivity index (χ0) is 31.3. The van der Waals surface area contributed by atoms with E-state index in [1.807, 2.05) is 24.3 Å². The van der Waals surface area contributed by atoms with Gasteiger partial charge in [0.2, 0.25) is 17.7 Å². The summed E-state index contributed by atoms with van der Waals surface area (Å²) in [7, 11) is 0. The molecule has 4 atom stereocenters. The number of tetrazole rings is 1. The summed E-state index contributed by atoms with van der Waals surface area (Å²) in [5, 5.41) is 28.9. The van der Waals surface area contributed by atoms with E-state index in [0.717, 1.165) is 60.8 Å². The highest BCUT2D eigenvalue weighted by atomic mass is 16.2. The summed E-state index contributed by atoms with van der Waals surface area (Å²) in [5.41, 5.74) is 15.1. The number of piperidine rings is 1. The number of fused-ring (bicyclic) bond motifs is 3. The number of aromatic nitrogens is 4. The first-order valence-electron chi connectivity index (χ1n) is 15.8. The van der Waals surface area contributed by atoms with Gasteiger partial charge in [0.05, 0.1) is 18.0 Å². The Bertz CT molecular complexity index is 1630. The Labute approximate surface area is 260 Å². The molecule has 45 heavy (non-hydrogen) atoms. The molecule has 12 heteroatoms. The number of H-pyrrole nitrogens is 1. The van der Waals surface area contributed by atoms with E-state index in [9.17, 15) is 19.6 Å². The average Bonchev–Trinajstić information content (AvgIpc) is 3.46. The number of nitrogens with one attached hydrogen (secondary N) is 2. The van der Waals surface area contributed by atoms with Crippen LogP contribution in [0.5, 0.6) is 0 Å². The van der Waals surface area contributed by atoms with Crippen LogP contribution in [0.4, 0.5) is 0 Å². The summed E-state index contributed by atoms with van der Waals surface area (Å²) < 4.78 is 0. The maximum absolute atomic E-state index is 13.6. The lowest BCUT2D eigenvalue weighted by Crippen LogP contribution is -2.49. The molecule has 0 unspecified atom stereocenters. The van der Waals surface area contributed by atoms with Crippen molar-refractivity contribution in [3.05, 3.63) is 75.6 Å². The number of nitrogens with zero attached hydrogens (tertiary/aromatic N) is 5. The molecular formula is C33H37N9O3. The predicted molar refractivity (Wildman–Crippen MR) is 163 cm³/mol. The third-order valence-electron chi connectivity index (χ3n) is 10.7. The molecule has 3 amide bonds. The zero-order valence-corrected chi connectivity index (χ0v) is 25.0. The topological polar surface area (TPSA) is 197 Å². The van der Waals surface area contributed by atoms with Crippen molar-refractivity contribution >= 4 is 17.7 Å². The van der Waals surface area contributed by atoms with Gasteiger partial charge in [0.15, 0.2) is 5.82 Å². The third kappa shape index (κ3) is 5.05. The molecule has 232 valence electrons. The number of aryl methyl sites for hydroxylation is 2. The highest BCUT2D eigenvalue weighted by Gasteiger charge is 2.54. The van der Waals surface area contributed by atoms with E-state index < -0.39 is 17.2 Å². The van der Waals surface area contributed by atoms with Crippen LogP contribution in [-0.2, 0) is 23.1 Å². The Morgan fingerprint density at radius 2 is 1.67 bits per heavy atom. The molecule has 4 aliphatic rings. The van der Waals surface area contributed by atoms with Gasteiger partial charge < -0.3 is 21.7 Å². The molecule has 6 N–H and O–H groups in total. The molecule has 3 aliphatic carbocycles. The monoisotopic (exact) mass is 607 g/mol. The van der Waals surface area contributed by atoms with Crippen molar-refractivity contribution in [3.63, 3.8) is 0 Å². The number of hydrogen-bond donors (Lipinski definition) is 4. The van der Waals surface area contributed by atoms with E-state index in [-0.39, 0.29) is 30.6 Å². The predicted octanol–water partition coefficient (Wildman–Crippen LogP) is 1.88. The van der Waals surface area contributed by atoms with Crippen LogP contribution in [0.3, 0.4) is 0 Å². The number of carbonyl (C=O) groups excluding carboxylic acids is 3. The maximum atomic E-state index is 13.6. The molecule has 3 fully saturated rings. The molecule has 0 spiro atoms. The van der Waals surface area contributed by atoms with Gasteiger partial charge >= 0.3 is 0 Å². The number of aromatic amines is 1. The number of benzene rings is 2. The Hall–Kier alpha value is -4.63. The fourth-order valence-corrected chi connectivity index (χ4v) is 8.40. The first-order chi connectivity index (χ1) is 21.8. The SMILES string of the molecule is N#C[C@@H]1C[C@@H]2C[C@@H]2N1C(=O)CN[C@@H](CC1(c2nnn[nH]2)c2ccc(C(N)=O)cc2CCc2cc(C(N)=O)ccc21)C1CCCC1. The van der Waals surface area contributed by atoms with Crippen LogP contribution in [0.1, 0.15) is 93.7 Å². The van der Waals surface area contributed by atoms with E-state index >= 15 is 0 Å². The highest BCUT2D eigenvalue weighted by Crippen LogP contribution is 2.49. The smallest absolute Gasteiger partial charge is 0.248 e. The van der Waals surface area contributed by atoms with Crippen LogP contribution in [0, 0.1) is 23.2 Å². The Balaban J connectivity index is 1.34. The molecule has 2 saturated carbocycles. The third-order valence-corrected chi connectivity index (χ3v) is 10.7. The van der Waals surface area contributed by atoms with Crippen molar-refractivity contribution in [2.24, 2.45) is 23.3 Å². The Morgan fingerprint density at radius 3 is 2.22 bits per heavy atom. The summed E-state index contributed by atoms with van der Waals surface area (Å²) in [6, 6.07) is 13.1. The fourth-order valence-electron chi connectivity index (χ4n) is 8.40. The Kier molecular flexibility index (Phi) is 7.36. The number of carbonyl (C=O) groups is 3. The summed E-state index contributed by atoms with van der Waals surface area (Å²) in [6.45, 7) is 0.133. The molecular weight excluding hydrogens is 570 g/mol. The van der Waals surface area contributed by atoms with Crippen molar-refractivity contribution in [2.75, 3.05) is 6.54 Å². The lowest BCUT2D eigenvalue weighted by molar-refractivity contribution is -0.131. The minimum atomic E-state index is -0.912. The molecule has 0 radical (unpaired) electrons. The molecule has 1 aromatic heterocycles. The second-order valence-electron chi connectivity index (χ2n) is 13.1. The van der Waals surface area contributed by atoms with Gasteiger partial charge in [-0.3, -0.25) is 14.4 Å². The Morgan fingerprint density at radius 1 is 1.02 bits per heavy atom. The summed E-state index contributed by atoms with van der Waals surface area (Å²) in [5.74, 6) is 0.218. The van der Waals surface area contributed by atoms with Crippen molar-refractivity contribution < 1.29 is 14.4 Å². The minimum absolute atomic E-state index is 0.0382. The molecule has 1 saturated heterocycles. The molecule has 0 bridgehead atoms. The van der Waals surface area contributed by atoms with Crippen molar-refractivity contribution in [1.82, 2.24) is 30.8 Å². The van der Waals surface area contributed by atoms with Crippen LogP contribution >= 0.6 is 0 Å². The highest BCUT2D eigenvalue weighted by molar-refractivity contribution is 5.94. The molecule has 3 aromatic rings. The number of primary amides is 2. The largest absolute Gasteiger partial charge is 0.366 e. The second-order valence-corrected chi connectivity index (χ2v) is 13.1. The van der Waals surface area contributed by atoms with E-state index in [0.29, 0.717) is 48.0 Å². The maximum Gasteiger partial charge on any atom is 0.248 e. The lowest BCUT2D eigenvalue weighted by Gasteiger charge is -2.39. The van der Waals surface area contributed by atoms with E-state index in [2.05, 4.69) is 32.0 Å². The van der Waals surface area contributed by atoms with Gasteiger partial charge in [-0.25, -0.2) is 5.10 Å². The normalized spacial score (nSPS) is 23.7. The molecule has 2 aromatic carbocycles. The van der Waals surface area contributed by atoms with Crippen LogP contribution in [-0.4, -0.2) is 67.9 Å². The van der Waals surface area contributed by atoms with Crippen molar-refractivity contribution in [2.45, 2.75) is 81.3 Å². The van der Waals surface area contributed by atoms with E-state index in [4.69, 9.17) is 11.5 Å². The lowest BCUT2D eigenvalue weighted by atomic mass is 9.66. The minimum Gasteiger partial charge on any atom is -0.366 e. The molecule has 7 rings (SSSR count). The summed E-state index contributed by atoms with van der Waals surface area (Å²) >= 11 is 0. The average molecular weight is 608 g/mol. The van der Waals surface area contributed by atoms with Crippen LogP contribution < -0.4 is 16.8 Å². The van der Waals surface area contributed by atoms with Gasteiger partial charge in [0.1, 0.15) is 6.04 Å². The van der Waals surface area contributed by atoms with Gasteiger partial charge in [-0.15, -0.1) is 5.10 Å². The van der Waals surface area contributed by atoms with Gasteiger partial charge in [-0.2, -0.15) is 5.26 Å². The van der Waals surface area contributed by atoms with Crippen LogP contribution in [0.15, 0.2) is 36.4 Å². The van der Waals surface area contributed by atoms with Crippen molar-refractivity contribution in [3.8, 4) is 6.07 Å². The van der Waals surface area contributed by atoms with Crippen LogP contribution in [0.2, 0.25) is 0 Å². The standard InChI is InChI=1S/C33H37N9O3/c34-16-24-13-23-14-28(23)42(24)29(43)17-37-27(18-3-1-2-4-18)15-33(32-38-40-41-39-32)25-9-7-21(30(35)44)11-19(25)5-6-20-12-22(31(36)45)8-10-26(20)33/h7-12,18,23-24,27-28,37H,1-6,13-15,17H2,(H2,35,44)(H2,36,45)(H,38,39,40,41)/t23-,24+,27+,28+/m1/s1. The number of rotatable bonds is 9.